The Morgan fingerprint density at radius 2 is 1.57 bits per heavy atom. The first-order valence-corrected chi connectivity index (χ1v) is 12.2. The highest BCUT2D eigenvalue weighted by Gasteiger charge is 2.39. The van der Waals surface area contributed by atoms with Gasteiger partial charge in [0, 0.05) is 5.02 Å². The average Bonchev–Trinajstić information content (AvgIpc) is 3.10. The fraction of sp³-hybridized carbons (Fsp3) is 0.704. The van der Waals surface area contributed by atoms with Crippen LogP contribution in [0, 0.1) is 22.7 Å². The molecule has 0 saturated heterocycles. The summed E-state index contributed by atoms with van der Waals surface area (Å²) in [6.07, 6.45) is 17.0. The van der Waals surface area contributed by atoms with Gasteiger partial charge in [-0.25, -0.2) is 0 Å². The van der Waals surface area contributed by atoms with Gasteiger partial charge in [-0.1, -0.05) is 62.9 Å². The standard InChI is InChI=1S/C27H39Cl/c1-26(2,3)23-10-6-20(7-11-23)18-22-19-27(15-4-5-16-27)17-14-25(22)21-8-12-24(28)13-9-21/h8-9,12-13,20,23H,4-7,10-11,14-19H2,1-3H3. The summed E-state index contributed by atoms with van der Waals surface area (Å²) in [5.41, 5.74) is 6.06. The monoisotopic (exact) mass is 398 g/mol. The Bertz CT molecular complexity index is 689. The molecular weight excluding hydrogens is 360 g/mol. The van der Waals surface area contributed by atoms with E-state index in [1.807, 2.05) is 5.57 Å². The molecule has 0 N–H and O–H groups in total. The minimum absolute atomic E-state index is 0.484. The van der Waals surface area contributed by atoms with Gasteiger partial charge in [-0.15, -0.1) is 0 Å². The molecule has 1 aromatic carbocycles. The smallest absolute Gasteiger partial charge is 0.0406 e. The molecule has 154 valence electrons. The van der Waals surface area contributed by atoms with Crippen molar-refractivity contribution in [2.75, 3.05) is 0 Å². The van der Waals surface area contributed by atoms with Crippen molar-refractivity contribution in [3.63, 3.8) is 0 Å². The second-order valence-electron chi connectivity index (χ2n) is 11.3. The van der Waals surface area contributed by atoms with Crippen LogP contribution in [-0.2, 0) is 0 Å². The van der Waals surface area contributed by atoms with Gasteiger partial charge in [0.25, 0.3) is 0 Å². The van der Waals surface area contributed by atoms with E-state index in [4.69, 9.17) is 11.6 Å². The molecule has 28 heavy (non-hydrogen) atoms. The zero-order valence-corrected chi connectivity index (χ0v) is 19.1. The molecule has 0 bridgehead atoms. The summed E-state index contributed by atoms with van der Waals surface area (Å²) in [5.74, 6) is 1.83. The van der Waals surface area contributed by atoms with Gasteiger partial charge in [0.1, 0.15) is 0 Å². The highest BCUT2D eigenvalue weighted by Crippen LogP contribution is 2.54. The molecule has 1 heteroatoms. The van der Waals surface area contributed by atoms with Crippen LogP contribution in [0.4, 0.5) is 0 Å². The lowest BCUT2D eigenvalue weighted by atomic mass is 9.65. The first-order chi connectivity index (χ1) is 13.3. The van der Waals surface area contributed by atoms with E-state index in [9.17, 15) is 0 Å². The van der Waals surface area contributed by atoms with Gasteiger partial charge in [-0.05, 0) is 110 Å². The lowest BCUT2D eigenvalue weighted by Gasteiger charge is -2.40. The van der Waals surface area contributed by atoms with Crippen LogP contribution in [-0.4, -0.2) is 0 Å². The highest BCUT2D eigenvalue weighted by molar-refractivity contribution is 6.30. The summed E-state index contributed by atoms with van der Waals surface area (Å²) < 4.78 is 0. The SMILES string of the molecule is CC(C)(C)C1CCC(CC2=C(c3ccc(Cl)cc3)CCC3(CCCC3)C2)CC1. The fourth-order valence-electron chi connectivity index (χ4n) is 6.54. The number of rotatable bonds is 3. The molecule has 4 rings (SSSR count). The van der Waals surface area contributed by atoms with Crippen LogP contribution in [0.3, 0.4) is 0 Å². The number of hydrogen-bond acceptors (Lipinski definition) is 0. The van der Waals surface area contributed by atoms with E-state index in [-0.39, 0.29) is 0 Å². The van der Waals surface area contributed by atoms with Crippen LogP contribution < -0.4 is 0 Å². The molecule has 3 aliphatic rings. The third kappa shape index (κ3) is 4.53. The van der Waals surface area contributed by atoms with Gasteiger partial charge < -0.3 is 0 Å². The van der Waals surface area contributed by atoms with Crippen LogP contribution in [0.25, 0.3) is 5.57 Å². The van der Waals surface area contributed by atoms with Gasteiger partial charge >= 0.3 is 0 Å². The van der Waals surface area contributed by atoms with Crippen molar-refractivity contribution < 1.29 is 0 Å². The van der Waals surface area contributed by atoms with Crippen molar-refractivity contribution in [1.29, 1.82) is 0 Å². The number of allylic oxidation sites excluding steroid dienone is 2. The van der Waals surface area contributed by atoms with Crippen molar-refractivity contribution >= 4 is 17.2 Å². The Hall–Kier alpha value is -0.750. The molecule has 0 radical (unpaired) electrons. The van der Waals surface area contributed by atoms with Crippen LogP contribution in [0.5, 0.6) is 0 Å². The largest absolute Gasteiger partial charge is 0.0843 e. The minimum Gasteiger partial charge on any atom is -0.0843 e. The summed E-state index contributed by atoms with van der Waals surface area (Å²) in [5, 5.41) is 0.856. The summed E-state index contributed by atoms with van der Waals surface area (Å²) in [7, 11) is 0. The third-order valence-corrected chi connectivity index (χ3v) is 8.64. The van der Waals surface area contributed by atoms with Crippen LogP contribution in [0.15, 0.2) is 29.8 Å². The van der Waals surface area contributed by atoms with Crippen molar-refractivity contribution in [2.24, 2.45) is 22.7 Å². The molecule has 1 aromatic rings. The Balaban J connectivity index is 1.53. The first-order valence-electron chi connectivity index (χ1n) is 11.8. The molecule has 0 aliphatic heterocycles. The zero-order chi connectivity index (χ0) is 19.8. The summed E-state index contributed by atoms with van der Waals surface area (Å²) >= 11 is 6.18. The van der Waals surface area contributed by atoms with Gasteiger partial charge in [0.05, 0.1) is 0 Å². The molecule has 0 unspecified atom stereocenters. The number of benzene rings is 1. The van der Waals surface area contributed by atoms with E-state index in [2.05, 4.69) is 45.0 Å². The van der Waals surface area contributed by atoms with Crippen LogP contribution in [0.2, 0.25) is 5.02 Å². The molecule has 0 amide bonds. The van der Waals surface area contributed by atoms with Crippen LogP contribution in [0.1, 0.15) is 103 Å². The van der Waals surface area contributed by atoms with E-state index in [0.717, 1.165) is 16.9 Å². The second-order valence-corrected chi connectivity index (χ2v) is 11.7. The second kappa shape index (κ2) is 8.17. The first kappa shape index (κ1) is 20.5. The van der Waals surface area contributed by atoms with Gasteiger partial charge in [-0.2, -0.15) is 0 Å². The Morgan fingerprint density at radius 3 is 2.18 bits per heavy atom. The average molecular weight is 399 g/mol. The lowest BCUT2D eigenvalue weighted by molar-refractivity contribution is 0.148. The molecule has 0 aromatic heterocycles. The molecule has 2 fully saturated rings. The van der Waals surface area contributed by atoms with Crippen molar-refractivity contribution in [3.05, 3.63) is 40.4 Å². The normalized spacial score (nSPS) is 28.1. The van der Waals surface area contributed by atoms with Crippen molar-refractivity contribution in [2.45, 2.75) is 97.8 Å². The van der Waals surface area contributed by atoms with E-state index in [0.29, 0.717) is 10.8 Å². The zero-order valence-electron chi connectivity index (χ0n) is 18.3. The molecule has 3 aliphatic carbocycles. The van der Waals surface area contributed by atoms with Crippen molar-refractivity contribution in [1.82, 2.24) is 0 Å². The van der Waals surface area contributed by atoms with Crippen LogP contribution >= 0.6 is 11.6 Å². The molecule has 0 heterocycles. The van der Waals surface area contributed by atoms with E-state index >= 15 is 0 Å². The minimum atomic E-state index is 0.484. The maximum absolute atomic E-state index is 6.18. The third-order valence-electron chi connectivity index (χ3n) is 8.38. The number of hydrogen-bond donors (Lipinski definition) is 0. The molecule has 2 saturated carbocycles. The summed E-state index contributed by atoms with van der Waals surface area (Å²) in [6, 6.07) is 8.69. The number of halogens is 1. The quantitative estimate of drug-likeness (QED) is 0.476. The van der Waals surface area contributed by atoms with E-state index in [1.54, 1.807) is 5.57 Å². The Morgan fingerprint density at radius 1 is 0.929 bits per heavy atom. The maximum Gasteiger partial charge on any atom is 0.0406 e. The van der Waals surface area contributed by atoms with Crippen molar-refractivity contribution in [3.8, 4) is 0 Å². The van der Waals surface area contributed by atoms with Gasteiger partial charge in [-0.3, -0.25) is 0 Å². The topological polar surface area (TPSA) is 0 Å². The van der Waals surface area contributed by atoms with E-state index < -0.39 is 0 Å². The predicted molar refractivity (Wildman–Crippen MR) is 123 cm³/mol. The fourth-order valence-corrected chi connectivity index (χ4v) is 6.67. The van der Waals surface area contributed by atoms with E-state index in [1.165, 1.54) is 82.6 Å². The molecule has 1 spiro atoms. The summed E-state index contributed by atoms with van der Waals surface area (Å²) in [6.45, 7) is 7.30. The predicted octanol–water partition coefficient (Wildman–Crippen LogP) is 9.08. The van der Waals surface area contributed by atoms with Gasteiger partial charge in [0.15, 0.2) is 0 Å². The lowest BCUT2D eigenvalue weighted by Crippen LogP contribution is -2.27. The molecule has 0 nitrogen and oxygen atoms in total. The maximum atomic E-state index is 6.18. The molecule has 0 atom stereocenters. The summed E-state index contributed by atoms with van der Waals surface area (Å²) in [4.78, 5) is 0. The molecular formula is C27H39Cl. The Labute approximate surface area is 178 Å². The van der Waals surface area contributed by atoms with Gasteiger partial charge in [0.2, 0.25) is 0 Å². The highest BCUT2D eigenvalue weighted by atomic mass is 35.5. The Kier molecular flexibility index (Phi) is 5.99.